The smallest absolute Gasteiger partial charge is 0.238 e. The normalized spacial score (nSPS) is 12.1. The number of anilines is 1. The van der Waals surface area contributed by atoms with E-state index in [0.717, 1.165) is 5.56 Å². The van der Waals surface area contributed by atoms with E-state index in [1.165, 1.54) is 0 Å². The molecule has 0 unspecified atom stereocenters. The monoisotopic (exact) mass is 435 g/mol. The number of halogens is 2. The molecule has 0 saturated heterocycles. The summed E-state index contributed by atoms with van der Waals surface area (Å²) in [7, 11) is 0. The number of nitrogens with zero attached hydrogens (tertiary/aromatic N) is 1. The van der Waals surface area contributed by atoms with E-state index in [4.69, 9.17) is 23.2 Å². The third-order valence-corrected chi connectivity index (χ3v) is 5.18. The quantitative estimate of drug-likeness (QED) is 0.596. The SMILES string of the molecule is CCN(CC(=O)Nc1c(Cl)cccc1Cl)CC(=O)N[C@@H](c1ccccc1)C(C)C. The van der Waals surface area contributed by atoms with Crippen molar-refractivity contribution in [2.75, 3.05) is 25.0 Å². The van der Waals surface area contributed by atoms with Gasteiger partial charge < -0.3 is 10.6 Å². The molecule has 0 aromatic heterocycles. The second-order valence-corrected chi connectivity index (χ2v) is 7.96. The van der Waals surface area contributed by atoms with Gasteiger partial charge in [0.25, 0.3) is 0 Å². The van der Waals surface area contributed by atoms with Crippen LogP contribution in [0.4, 0.5) is 5.69 Å². The molecule has 0 aliphatic rings. The number of amides is 2. The molecule has 2 aromatic carbocycles. The number of likely N-dealkylation sites (N-methyl/N-ethyl adjacent to an activating group) is 1. The van der Waals surface area contributed by atoms with E-state index in [0.29, 0.717) is 22.3 Å². The van der Waals surface area contributed by atoms with Crippen molar-refractivity contribution >= 4 is 40.7 Å². The third kappa shape index (κ3) is 7.03. The van der Waals surface area contributed by atoms with E-state index in [9.17, 15) is 9.59 Å². The van der Waals surface area contributed by atoms with Gasteiger partial charge in [0.15, 0.2) is 0 Å². The highest BCUT2D eigenvalue weighted by atomic mass is 35.5. The molecule has 2 rings (SSSR count). The summed E-state index contributed by atoms with van der Waals surface area (Å²) in [5.74, 6) is -0.168. The van der Waals surface area contributed by atoms with E-state index in [1.54, 1.807) is 23.1 Å². The van der Waals surface area contributed by atoms with E-state index >= 15 is 0 Å². The number of nitrogens with one attached hydrogen (secondary N) is 2. The molecule has 156 valence electrons. The van der Waals surface area contributed by atoms with Crippen molar-refractivity contribution in [2.45, 2.75) is 26.8 Å². The summed E-state index contributed by atoms with van der Waals surface area (Å²) in [4.78, 5) is 26.8. The third-order valence-electron chi connectivity index (χ3n) is 4.55. The lowest BCUT2D eigenvalue weighted by Crippen LogP contribution is -2.43. The van der Waals surface area contributed by atoms with Crippen LogP contribution >= 0.6 is 23.2 Å². The molecule has 0 fully saturated rings. The van der Waals surface area contributed by atoms with Gasteiger partial charge in [-0.2, -0.15) is 0 Å². The standard InChI is InChI=1S/C22H27Cl2N3O2/c1-4-27(14-20(29)26-22-17(23)11-8-12-18(22)24)13-19(28)25-21(15(2)3)16-9-6-5-7-10-16/h5-12,15,21H,4,13-14H2,1-3H3,(H,25,28)(H,26,29)/t21-/m1/s1. The second-order valence-electron chi connectivity index (χ2n) is 7.15. The maximum atomic E-state index is 12.6. The predicted molar refractivity (Wildman–Crippen MR) is 119 cm³/mol. The molecule has 0 saturated carbocycles. The average molecular weight is 436 g/mol. The van der Waals surface area contributed by atoms with E-state index < -0.39 is 0 Å². The molecule has 0 spiro atoms. The van der Waals surface area contributed by atoms with Crippen LogP contribution in [0.2, 0.25) is 10.0 Å². The van der Waals surface area contributed by atoms with Gasteiger partial charge in [0, 0.05) is 0 Å². The second kappa shape index (κ2) is 11.2. The number of carbonyl (C=O) groups excluding carboxylic acids is 2. The van der Waals surface area contributed by atoms with Gasteiger partial charge in [0.05, 0.1) is 34.9 Å². The summed E-state index contributed by atoms with van der Waals surface area (Å²) >= 11 is 12.2. The van der Waals surface area contributed by atoms with Crippen molar-refractivity contribution in [1.82, 2.24) is 10.2 Å². The van der Waals surface area contributed by atoms with E-state index in [1.807, 2.05) is 37.3 Å². The van der Waals surface area contributed by atoms with Crippen molar-refractivity contribution in [3.63, 3.8) is 0 Å². The summed E-state index contributed by atoms with van der Waals surface area (Å²) in [6.45, 7) is 6.76. The van der Waals surface area contributed by atoms with Gasteiger partial charge in [-0.05, 0) is 30.2 Å². The maximum absolute atomic E-state index is 12.6. The fourth-order valence-electron chi connectivity index (χ4n) is 3.00. The first kappa shape index (κ1) is 23.2. The minimum absolute atomic E-state index is 0.0587. The Morgan fingerprint density at radius 1 is 0.931 bits per heavy atom. The molecule has 2 N–H and O–H groups in total. The van der Waals surface area contributed by atoms with Gasteiger partial charge in [-0.3, -0.25) is 14.5 Å². The first-order valence-corrected chi connectivity index (χ1v) is 10.4. The molecular formula is C22H27Cl2N3O2. The van der Waals surface area contributed by atoms with Crippen LogP contribution < -0.4 is 10.6 Å². The fourth-order valence-corrected chi connectivity index (χ4v) is 3.49. The van der Waals surface area contributed by atoms with Crippen molar-refractivity contribution in [2.24, 2.45) is 5.92 Å². The molecule has 2 aromatic rings. The Labute approximate surface area is 182 Å². The van der Waals surface area contributed by atoms with Gasteiger partial charge in [0.2, 0.25) is 11.8 Å². The summed E-state index contributed by atoms with van der Waals surface area (Å²) in [6, 6.07) is 14.8. The Hall–Kier alpha value is -2.08. The Morgan fingerprint density at radius 3 is 2.07 bits per heavy atom. The van der Waals surface area contributed by atoms with Crippen LogP contribution in [0.5, 0.6) is 0 Å². The van der Waals surface area contributed by atoms with Crippen molar-refractivity contribution in [1.29, 1.82) is 0 Å². The lowest BCUT2D eigenvalue weighted by molar-refractivity contribution is -0.124. The zero-order chi connectivity index (χ0) is 21.4. The molecule has 0 heterocycles. The first-order valence-electron chi connectivity index (χ1n) is 9.62. The van der Waals surface area contributed by atoms with Crippen LogP contribution in [0.3, 0.4) is 0 Å². The number of rotatable bonds is 9. The van der Waals surface area contributed by atoms with Crippen LogP contribution in [-0.4, -0.2) is 36.3 Å². The Kier molecular flexibility index (Phi) is 8.96. The van der Waals surface area contributed by atoms with Gasteiger partial charge >= 0.3 is 0 Å². The highest BCUT2D eigenvalue weighted by molar-refractivity contribution is 6.39. The first-order chi connectivity index (χ1) is 13.8. The van der Waals surface area contributed by atoms with Crippen LogP contribution in [0.1, 0.15) is 32.4 Å². The highest BCUT2D eigenvalue weighted by Gasteiger charge is 2.20. The summed E-state index contributed by atoms with van der Waals surface area (Å²) in [5, 5.41) is 6.55. The Morgan fingerprint density at radius 2 is 1.52 bits per heavy atom. The van der Waals surface area contributed by atoms with Crippen molar-refractivity contribution in [3.05, 3.63) is 64.1 Å². The molecule has 0 aliphatic heterocycles. The molecule has 29 heavy (non-hydrogen) atoms. The molecule has 1 atom stereocenters. The lowest BCUT2D eigenvalue weighted by atomic mass is 9.96. The Bertz CT molecular complexity index is 808. The molecule has 5 nitrogen and oxygen atoms in total. The number of hydrogen-bond acceptors (Lipinski definition) is 3. The number of para-hydroxylation sites is 1. The fraction of sp³-hybridized carbons (Fsp3) is 0.364. The molecule has 7 heteroatoms. The average Bonchev–Trinajstić information content (AvgIpc) is 2.69. The minimum atomic E-state index is -0.280. The molecule has 0 radical (unpaired) electrons. The number of carbonyl (C=O) groups is 2. The predicted octanol–water partition coefficient (Wildman–Crippen LogP) is 4.77. The molecule has 0 bridgehead atoms. The van der Waals surface area contributed by atoms with E-state index in [2.05, 4.69) is 24.5 Å². The van der Waals surface area contributed by atoms with Crippen LogP contribution in [0, 0.1) is 5.92 Å². The van der Waals surface area contributed by atoms with Crippen molar-refractivity contribution in [3.8, 4) is 0 Å². The summed E-state index contributed by atoms with van der Waals surface area (Å²) < 4.78 is 0. The largest absolute Gasteiger partial charge is 0.348 e. The maximum Gasteiger partial charge on any atom is 0.238 e. The van der Waals surface area contributed by atoms with Gasteiger partial charge in [0.1, 0.15) is 0 Å². The van der Waals surface area contributed by atoms with Crippen LogP contribution in [0.25, 0.3) is 0 Å². The minimum Gasteiger partial charge on any atom is -0.348 e. The number of hydrogen-bond donors (Lipinski definition) is 2. The molecule has 2 amide bonds. The van der Waals surface area contributed by atoms with Gasteiger partial charge in [-0.25, -0.2) is 0 Å². The summed E-state index contributed by atoms with van der Waals surface area (Å²) in [5.41, 5.74) is 1.44. The topological polar surface area (TPSA) is 61.4 Å². The van der Waals surface area contributed by atoms with Crippen LogP contribution in [0.15, 0.2) is 48.5 Å². The van der Waals surface area contributed by atoms with Crippen LogP contribution in [-0.2, 0) is 9.59 Å². The van der Waals surface area contributed by atoms with Gasteiger partial charge in [-0.1, -0.05) is 80.4 Å². The summed E-state index contributed by atoms with van der Waals surface area (Å²) in [6.07, 6.45) is 0. The zero-order valence-electron chi connectivity index (χ0n) is 16.9. The highest BCUT2D eigenvalue weighted by Crippen LogP contribution is 2.29. The Balaban J connectivity index is 1.96. The molecule has 0 aliphatic carbocycles. The van der Waals surface area contributed by atoms with Gasteiger partial charge in [-0.15, -0.1) is 0 Å². The number of benzene rings is 2. The van der Waals surface area contributed by atoms with Crippen molar-refractivity contribution < 1.29 is 9.59 Å². The van der Waals surface area contributed by atoms with E-state index in [-0.39, 0.29) is 36.9 Å². The zero-order valence-corrected chi connectivity index (χ0v) is 18.4. The molecular weight excluding hydrogens is 409 g/mol. The lowest BCUT2D eigenvalue weighted by Gasteiger charge is -2.25.